The highest BCUT2D eigenvalue weighted by Crippen LogP contribution is 2.51. The third kappa shape index (κ3) is 6.12. The molecule has 0 saturated carbocycles. The molecular weight excluding hydrogens is 592 g/mol. The molecule has 2 amide bonds. The summed E-state index contributed by atoms with van der Waals surface area (Å²) in [5.74, 6) is 2.64. The number of thioether (sulfide) groups is 1. The van der Waals surface area contributed by atoms with Gasteiger partial charge in [0, 0.05) is 16.7 Å². The van der Waals surface area contributed by atoms with Crippen molar-refractivity contribution in [3.05, 3.63) is 108 Å². The van der Waals surface area contributed by atoms with Crippen LogP contribution in [0.1, 0.15) is 22.1 Å². The zero-order valence-electron chi connectivity index (χ0n) is 25.1. The van der Waals surface area contributed by atoms with Crippen LogP contribution in [0.4, 0.5) is 5.82 Å². The number of hydrogen-bond acceptors (Lipinski definition) is 8. The Morgan fingerprint density at radius 3 is 2.40 bits per heavy atom. The van der Waals surface area contributed by atoms with Crippen molar-refractivity contribution in [1.82, 2.24) is 15.1 Å². The number of nitrogens with zero attached hydrogens (tertiary/aromatic N) is 3. The van der Waals surface area contributed by atoms with E-state index in [0.29, 0.717) is 40.2 Å². The van der Waals surface area contributed by atoms with E-state index in [0.717, 1.165) is 16.7 Å². The standard InChI is InChI=1S/C34H32N4O6S/c1-41-24-13-11-23(12-14-24)38-34-31(32(36-38)22-8-5-4-6-9-22)33(27-18-25(42-2)15-16-28(27)43-3)45-21-30(40)37(34)20-29(39)35-19-26-10-7-17-44-26/h4-18,33H,19-21H2,1-3H3,(H,35,39). The first-order chi connectivity index (χ1) is 22.0. The molecule has 0 radical (unpaired) electrons. The quantitative estimate of drug-likeness (QED) is 0.213. The van der Waals surface area contributed by atoms with Gasteiger partial charge in [-0.05, 0) is 54.6 Å². The maximum absolute atomic E-state index is 14.0. The van der Waals surface area contributed by atoms with Crippen LogP contribution in [-0.2, 0) is 16.1 Å². The molecule has 1 aliphatic heterocycles. The van der Waals surface area contributed by atoms with Crippen LogP contribution in [0.15, 0.2) is 95.6 Å². The minimum atomic E-state index is -0.396. The monoisotopic (exact) mass is 624 g/mol. The van der Waals surface area contributed by atoms with Crippen molar-refractivity contribution in [3.8, 4) is 34.2 Å². The molecule has 0 saturated heterocycles. The largest absolute Gasteiger partial charge is 0.497 e. The second-order valence-electron chi connectivity index (χ2n) is 10.2. The van der Waals surface area contributed by atoms with Gasteiger partial charge >= 0.3 is 0 Å². The van der Waals surface area contributed by atoms with Gasteiger partial charge in [-0.1, -0.05) is 30.3 Å². The van der Waals surface area contributed by atoms with Gasteiger partial charge in [0.2, 0.25) is 11.8 Å². The number of hydrogen-bond donors (Lipinski definition) is 1. The second kappa shape index (κ2) is 13.2. The number of carbonyl (C=O) groups excluding carboxylic acids is 2. The average molecular weight is 625 g/mol. The number of fused-ring (bicyclic) bond motifs is 1. The van der Waals surface area contributed by atoms with Crippen molar-refractivity contribution in [2.45, 2.75) is 11.8 Å². The van der Waals surface area contributed by atoms with Crippen LogP contribution in [0.2, 0.25) is 0 Å². The molecule has 230 valence electrons. The van der Waals surface area contributed by atoms with E-state index in [1.54, 1.807) is 44.4 Å². The van der Waals surface area contributed by atoms with Gasteiger partial charge in [0.05, 0.1) is 56.5 Å². The number of amides is 2. The van der Waals surface area contributed by atoms with Gasteiger partial charge in [0.25, 0.3) is 0 Å². The molecule has 1 atom stereocenters. The van der Waals surface area contributed by atoms with E-state index in [-0.39, 0.29) is 30.7 Å². The molecule has 1 N–H and O–H groups in total. The van der Waals surface area contributed by atoms with Crippen LogP contribution in [0.5, 0.6) is 17.2 Å². The Kier molecular flexibility index (Phi) is 8.79. The van der Waals surface area contributed by atoms with Gasteiger partial charge in [-0.15, -0.1) is 11.8 Å². The predicted octanol–water partition coefficient (Wildman–Crippen LogP) is 5.64. The highest BCUT2D eigenvalue weighted by atomic mass is 32.2. The van der Waals surface area contributed by atoms with Gasteiger partial charge in [-0.2, -0.15) is 5.10 Å². The number of aromatic nitrogens is 2. The minimum absolute atomic E-state index is 0.113. The topological polar surface area (TPSA) is 108 Å². The van der Waals surface area contributed by atoms with Crippen molar-refractivity contribution in [1.29, 1.82) is 0 Å². The van der Waals surface area contributed by atoms with Crippen molar-refractivity contribution in [2.24, 2.45) is 0 Å². The first kappa shape index (κ1) is 29.9. The first-order valence-corrected chi connectivity index (χ1v) is 15.3. The van der Waals surface area contributed by atoms with Crippen LogP contribution in [0.25, 0.3) is 16.9 Å². The van der Waals surface area contributed by atoms with Crippen molar-refractivity contribution in [3.63, 3.8) is 0 Å². The predicted molar refractivity (Wildman–Crippen MR) is 172 cm³/mol. The summed E-state index contributed by atoms with van der Waals surface area (Å²) in [6, 6.07) is 26.4. The lowest BCUT2D eigenvalue weighted by atomic mass is 9.98. The number of nitrogens with one attached hydrogen (secondary N) is 1. The Morgan fingerprint density at radius 2 is 1.71 bits per heavy atom. The van der Waals surface area contributed by atoms with Gasteiger partial charge in [-0.3, -0.25) is 14.5 Å². The summed E-state index contributed by atoms with van der Waals surface area (Å²) < 4.78 is 23.9. The second-order valence-corrected chi connectivity index (χ2v) is 11.3. The lowest BCUT2D eigenvalue weighted by molar-refractivity contribution is -0.123. The summed E-state index contributed by atoms with van der Waals surface area (Å²) in [4.78, 5) is 28.9. The summed E-state index contributed by atoms with van der Waals surface area (Å²) in [5.41, 5.74) is 3.85. The van der Waals surface area contributed by atoms with E-state index in [2.05, 4.69) is 5.32 Å². The minimum Gasteiger partial charge on any atom is -0.497 e. The average Bonchev–Trinajstić information content (AvgIpc) is 3.72. The molecule has 1 aliphatic rings. The normalized spacial score (nSPS) is 14.4. The van der Waals surface area contributed by atoms with Gasteiger partial charge in [0.1, 0.15) is 35.4 Å². The lowest BCUT2D eigenvalue weighted by Crippen LogP contribution is -2.42. The van der Waals surface area contributed by atoms with Gasteiger partial charge in [-0.25, -0.2) is 4.68 Å². The molecular formula is C34H32N4O6S. The van der Waals surface area contributed by atoms with Crippen LogP contribution in [0, 0.1) is 0 Å². The molecule has 45 heavy (non-hydrogen) atoms. The van der Waals surface area contributed by atoms with Gasteiger partial charge in [0.15, 0.2) is 0 Å². The van der Waals surface area contributed by atoms with Crippen molar-refractivity contribution < 1.29 is 28.2 Å². The highest BCUT2D eigenvalue weighted by Gasteiger charge is 2.38. The summed E-state index contributed by atoms with van der Waals surface area (Å²) in [7, 11) is 4.84. The summed E-state index contributed by atoms with van der Waals surface area (Å²) in [6.45, 7) is -0.0166. The van der Waals surface area contributed by atoms with Crippen LogP contribution < -0.4 is 24.4 Å². The number of furan rings is 1. The Hall–Kier alpha value is -5.16. The number of benzene rings is 3. The van der Waals surface area contributed by atoms with Crippen LogP contribution in [-0.4, -0.2) is 55.2 Å². The molecule has 6 rings (SSSR count). The summed E-state index contributed by atoms with van der Waals surface area (Å²) >= 11 is 1.46. The molecule has 1 unspecified atom stereocenters. The molecule has 5 aromatic rings. The molecule has 2 aromatic heterocycles. The fourth-order valence-corrected chi connectivity index (χ4v) is 6.53. The SMILES string of the molecule is COc1ccc(-n2nc(-c3ccccc3)c3c2N(CC(=O)NCc2ccco2)C(=O)CSC3c2cc(OC)ccc2OC)cc1. The van der Waals surface area contributed by atoms with Crippen LogP contribution >= 0.6 is 11.8 Å². The number of carbonyl (C=O) groups is 2. The highest BCUT2D eigenvalue weighted by molar-refractivity contribution is 8.00. The van der Waals surface area contributed by atoms with E-state index >= 15 is 0 Å². The number of rotatable bonds is 10. The Balaban J connectivity index is 1.57. The van der Waals surface area contributed by atoms with Crippen molar-refractivity contribution >= 4 is 29.4 Å². The Bertz CT molecular complexity index is 1790. The van der Waals surface area contributed by atoms with E-state index in [9.17, 15) is 9.59 Å². The number of anilines is 1. The molecule has 3 heterocycles. The van der Waals surface area contributed by atoms with Crippen molar-refractivity contribution in [2.75, 3.05) is 38.5 Å². The van der Waals surface area contributed by atoms with Gasteiger partial charge < -0.3 is 23.9 Å². The van der Waals surface area contributed by atoms with E-state index < -0.39 is 5.25 Å². The third-order valence-corrected chi connectivity index (χ3v) is 8.75. The third-order valence-electron chi connectivity index (χ3n) is 7.51. The number of ether oxygens (including phenoxy) is 3. The van der Waals surface area contributed by atoms with E-state index in [4.69, 9.17) is 23.7 Å². The zero-order chi connectivity index (χ0) is 31.3. The Morgan fingerprint density at radius 1 is 0.956 bits per heavy atom. The smallest absolute Gasteiger partial charge is 0.240 e. The summed E-state index contributed by atoms with van der Waals surface area (Å²) in [6.07, 6.45) is 1.55. The fraction of sp³-hybridized carbons (Fsp3) is 0.206. The molecule has 3 aromatic carbocycles. The molecule has 10 nitrogen and oxygen atoms in total. The summed E-state index contributed by atoms with van der Waals surface area (Å²) in [5, 5.41) is 7.61. The number of methoxy groups -OCH3 is 3. The molecule has 0 bridgehead atoms. The Labute approximate surface area is 264 Å². The van der Waals surface area contributed by atoms with E-state index in [1.807, 2.05) is 72.8 Å². The fourth-order valence-electron chi connectivity index (χ4n) is 5.32. The lowest BCUT2D eigenvalue weighted by Gasteiger charge is -2.23. The van der Waals surface area contributed by atoms with Crippen LogP contribution in [0.3, 0.4) is 0 Å². The molecule has 11 heteroatoms. The maximum Gasteiger partial charge on any atom is 0.240 e. The first-order valence-electron chi connectivity index (χ1n) is 14.3. The molecule has 0 fully saturated rings. The zero-order valence-corrected chi connectivity index (χ0v) is 25.9. The maximum atomic E-state index is 14.0. The van der Waals surface area contributed by atoms with E-state index in [1.165, 1.54) is 16.7 Å². The molecule has 0 spiro atoms. The molecule has 0 aliphatic carbocycles.